The standard InChI is InChI=1S/C14H20N2O3S/c1-2-11-6-8-16(9-7-11)14(17)12-4-3-5-13(10-12)20(15,18)19/h3-5,10-11H,2,6-9H2,1H3,(H2,15,18,19). The number of benzene rings is 1. The van der Waals surface area contributed by atoms with Gasteiger partial charge in [0, 0.05) is 18.7 Å². The number of rotatable bonds is 3. The molecule has 0 atom stereocenters. The molecule has 0 aromatic heterocycles. The molecule has 0 saturated carbocycles. The molecule has 1 aromatic rings. The summed E-state index contributed by atoms with van der Waals surface area (Å²) in [6.45, 7) is 3.63. The third kappa shape index (κ3) is 3.37. The zero-order chi connectivity index (χ0) is 14.8. The van der Waals surface area contributed by atoms with Gasteiger partial charge in [-0.05, 0) is 37.0 Å². The molecule has 1 amide bonds. The van der Waals surface area contributed by atoms with E-state index in [0.717, 1.165) is 32.4 Å². The first-order valence-electron chi connectivity index (χ1n) is 6.84. The molecular weight excluding hydrogens is 276 g/mol. The maximum Gasteiger partial charge on any atom is 0.253 e. The predicted molar refractivity (Wildman–Crippen MR) is 76.7 cm³/mol. The summed E-state index contributed by atoms with van der Waals surface area (Å²) in [4.78, 5) is 14.1. The van der Waals surface area contributed by atoms with Gasteiger partial charge in [0.2, 0.25) is 10.0 Å². The highest BCUT2D eigenvalue weighted by Crippen LogP contribution is 2.22. The number of hydrogen-bond acceptors (Lipinski definition) is 3. The molecule has 2 N–H and O–H groups in total. The van der Waals surface area contributed by atoms with Gasteiger partial charge in [-0.15, -0.1) is 0 Å². The Morgan fingerprint density at radius 3 is 2.55 bits per heavy atom. The van der Waals surface area contributed by atoms with Crippen LogP contribution in [0.5, 0.6) is 0 Å². The molecule has 1 heterocycles. The van der Waals surface area contributed by atoms with Crippen molar-refractivity contribution in [2.24, 2.45) is 11.1 Å². The quantitative estimate of drug-likeness (QED) is 0.920. The Balaban J connectivity index is 2.14. The zero-order valence-corrected chi connectivity index (χ0v) is 12.4. The van der Waals surface area contributed by atoms with Crippen LogP contribution in [0.15, 0.2) is 29.2 Å². The van der Waals surface area contributed by atoms with Crippen molar-refractivity contribution >= 4 is 15.9 Å². The van der Waals surface area contributed by atoms with Gasteiger partial charge in [0.1, 0.15) is 0 Å². The van der Waals surface area contributed by atoms with Crippen molar-refractivity contribution in [3.8, 4) is 0 Å². The fourth-order valence-electron chi connectivity index (χ4n) is 2.53. The van der Waals surface area contributed by atoms with Crippen LogP contribution in [0.2, 0.25) is 0 Å². The molecule has 0 bridgehead atoms. The van der Waals surface area contributed by atoms with Gasteiger partial charge < -0.3 is 4.90 Å². The zero-order valence-electron chi connectivity index (χ0n) is 11.6. The van der Waals surface area contributed by atoms with Gasteiger partial charge in [-0.3, -0.25) is 4.79 Å². The van der Waals surface area contributed by atoms with Crippen molar-refractivity contribution in [1.29, 1.82) is 0 Å². The van der Waals surface area contributed by atoms with Crippen LogP contribution in [0.25, 0.3) is 0 Å². The largest absolute Gasteiger partial charge is 0.339 e. The number of nitrogens with two attached hydrogens (primary N) is 1. The molecule has 0 radical (unpaired) electrons. The lowest BCUT2D eigenvalue weighted by Crippen LogP contribution is -2.38. The van der Waals surface area contributed by atoms with Crippen LogP contribution in [-0.4, -0.2) is 32.3 Å². The fraction of sp³-hybridized carbons (Fsp3) is 0.500. The molecule has 0 aliphatic carbocycles. The topological polar surface area (TPSA) is 80.5 Å². The summed E-state index contributed by atoms with van der Waals surface area (Å²) < 4.78 is 22.6. The van der Waals surface area contributed by atoms with Gasteiger partial charge in [-0.2, -0.15) is 0 Å². The Bertz CT molecular complexity index is 590. The van der Waals surface area contributed by atoms with Gasteiger partial charge in [-0.1, -0.05) is 19.4 Å². The summed E-state index contributed by atoms with van der Waals surface area (Å²) >= 11 is 0. The Labute approximate surface area is 119 Å². The van der Waals surface area contributed by atoms with Gasteiger partial charge in [0.05, 0.1) is 4.90 Å². The lowest BCUT2D eigenvalue weighted by Gasteiger charge is -2.31. The monoisotopic (exact) mass is 296 g/mol. The summed E-state index contributed by atoms with van der Waals surface area (Å²) in [7, 11) is -3.77. The van der Waals surface area contributed by atoms with Crippen molar-refractivity contribution < 1.29 is 13.2 Å². The fourth-order valence-corrected chi connectivity index (χ4v) is 3.09. The average molecular weight is 296 g/mol. The number of sulfonamides is 1. The summed E-state index contributed by atoms with van der Waals surface area (Å²) in [6.07, 6.45) is 3.16. The van der Waals surface area contributed by atoms with Crippen molar-refractivity contribution in [3.05, 3.63) is 29.8 Å². The second kappa shape index (κ2) is 5.93. The number of carbonyl (C=O) groups is 1. The molecule has 5 nitrogen and oxygen atoms in total. The minimum Gasteiger partial charge on any atom is -0.339 e. The highest BCUT2D eigenvalue weighted by Gasteiger charge is 2.23. The number of hydrogen-bond donors (Lipinski definition) is 1. The summed E-state index contributed by atoms with van der Waals surface area (Å²) in [5.74, 6) is 0.569. The van der Waals surface area contributed by atoms with E-state index in [1.54, 1.807) is 17.0 Å². The minimum absolute atomic E-state index is 0.0215. The number of piperidine rings is 1. The Morgan fingerprint density at radius 2 is 2.00 bits per heavy atom. The molecule has 6 heteroatoms. The molecule has 20 heavy (non-hydrogen) atoms. The summed E-state index contributed by atoms with van der Waals surface area (Å²) in [5.41, 5.74) is 0.381. The van der Waals surface area contributed by atoms with Crippen molar-refractivity contribution in [3.63, 3.8) is 0 Å². The van der Waals surface area contributed by atoms with Gasteiger partial charge >= 0.3 is 0 Å². The highest BCUT2D eigenvalue weighted by molar-refractivity contribution is 7.89. The second-order valence-corrected chi connectivity index (χ2v) is 6.78. The number of primary sulfonamides is 1. The van der Waals surface area contributed by atoms with E-state index < -0.39 is 10.0 Å². The van der Waals surface area contributed by atoms with E-state index in [-0.39, 0.29) is 10.8 Å². The third-order valence-electron chi connectivity index (χ3n) is 3.89. The maximum atomic E-state index is 12.4. The van der Waals surface area contributed by atoms with E-state index in [9.17, 15) is 13.2 Å². The number of amides is 1. The number of likely N-dealkylation sites (tertiary alicyclic amines) is 1. The van der Waals surface area contributed by atoms with Crippen LogP contribution in [0.3, 0.4) is 0 Å². The molecule has 1 aromatic carbocycles. The van der Waals surface area contributed by atoms with Crippen molar-refractivity contribution in [2.45, 2.75) is 31.1 Å². The van der Waals surface area contributed by atoms with E-state index in [1.165, 1.54) is 12.1 Å². The van der Waals surface area contributed by atoms with Crippen LogP contribution in [0.4, 0.5) is 0 Å². The van der Waals surface area contributed by atoms with E-state index in [2.05, 4.69) is 6.92 Å². The van der Waals surface area contributed by atoms with Crippen molar-refractivity contribution in [1.82, 2.24) is 4.90 Å². The molecule has 1 aliphatic heterocycles. The van der Waals surface area contributed by atoms with Crippen LogP contribution in [-0.2, 0) is 10.0 Å². The van der Waals surface area contributed by atoms with Crippen LogP contribution < -0.4 is 5.14 Å². The summed E-state index contributed by atoms with van der Waals surface area (Å²) in [5, 5.41) is 5.09. The second-order valence-electron chi connectivity index (χ2n) is 5.22. The first kappa shape index (κ1) is 15.0. The maximum absolute atomic E-state index is 12.4. The predicted octanol–water partition coefficient (Wildman–Crippen LogP) is 1.60. The highest BCUT2D eigenvalue weighted by atomic mass is 32.2. The van der Waals surface area contributed by atoms with Crippen LogP contribution >= 0.6 is 0 Å². The SMILES string of the molecule is CCC1CCN(C(=O)c2cccc(S(N)(=O)=O)c2)CC1. The van der Waals surface area contributed by atoms with Gasteiger partial charge in [0.15, 0.2) is 0 Å². The molecular formula is C14H20N2O3S. The van der Waals surface area contributed by atoms with E-state index >= 15 is 0 Å². The summed E-state index contributed by atoms with van der Waals surface area (Å²) in [6, 6.07) is 5.92. The Hall–Kier alpha value is -1.40. The number of nitrogens with zero attached hydrogens (tertiary/aromatic N) is 1. The molecule has 0 spiro atoms. The molecule has 1 fully saturated rings. The smallest absolute Gasteiger partial charge is 0.253 e. The Kier molecular flexibility index (Phi) is 4.45. The van der Waals surface area contributed by atoms with Crippen molar-refractivity contribution in [2.75, 3.05) is 13.1 Å². The third-order valence-corrected chi connectivity index (χ3v) is 4.80. The Morgan fingerprint density at radius 1 is 1.35 bits per heavy atom. The molecule has 1 aliphatic rings. The number of carbonyl (C=O) groups excluding carboxylic acids is 1. The molecule has 1 saturated heterocycles. The van der Waals surface area contributed by atoms with Crippen LogP contribution in [0, 0.1) is 5.92 Å². The lowest BCUT2D eigenvalue weighted by molar-refractivity contribution is 0.0688. The van der Waals surface area contributed by atoms with E-state index in [4.69, 9.17) is 5.14 Å². The molecule has 110 valence electrons. The molecule has 0 unspecified atom stereocenters. The minimum atomic E-state index is -3.77. The molecule has 2 rings (SSSR count). The lowest BCUT2D eigenvalue weighted by atomic mass is 9.94. The van der Waals surface area contributed by atoms with Gasteiger partial charge in [-0.25, -0.2) is 13.6 Å². The first-order chi connectivity index (χ1) is 9.41. The normalized spacial score (nSPS) is 17.2. The van der Waals surface area contributed by atoms with Crippen LogP contribution in [0.1, 0.15) is 36.5 Å². The first-order valence-corrected chi connectivity index (χ1v) is 8.38. The van der Waals surface area contributed by atoms with E-state index in [0.29, 0.717) is 11.5 Å². The average Bonchev–Trinajstić information content (AvgIpc) is 2.46. The van der Waals surface area contributed by atoms with Gasteiger partial charge in [0.25, 0.3) is 5.91 Å². The van der Waals surface area contributed by atoms with E-state index in [1.807, 2.05) is 0 Å².